The van der Waals surface area contributed by atoms with Crippen LogP contribution in [0, 0.1) is 5.82 Å². The van der Waals surface area contributed by atoms with Gasteiger partial charge in [0.2, 0.25) is 5.91 Å². The van der Waals surface area contributed by atoms with E-state index in [1.807, 2.05) is 6.07 Å². The molecule has 0 unspecified atom stereocenters. The number of nitrogens with zero attached hydrogens (tertiary/aromatic N) is 3. The Bertz CT molecular complexity index is 978. The molecule has 0 bridgehead atoms. The van der Waals surface area contributed by atoms with Crippen molar-refractivity contribution < 1.29 is 14.0 Å². The Kier molecular flexibility index (Phi) is 5.00. The van der Waals surface area contributed by atoms with Crippen LogP contribution in [-0.2, 0) is 11.3 Å². The minimum Gasteiger partial charge on any atom is -0.350 e. The highest BCUT2D eigenvalue weighted by Gasteiger charge is 2.37. The molecule has 0 fully saturated rings. The van der Waals surface area contributed by atoms with E-state index in [1.165, 1.54) is 11.0 Å². The fourth-order valence-electron chi connectivity index (χ4n) is 3.38. The fourth-order valence-corrected chi connectivity index (χ4v) is 3.54. The van der Waals surface area contributed by atoms with Crippen LogP contribution in [0.15, 0.2) is 47.5 Å². The van der Waals surface area contributed by atoms with Gasteiger partial charge in [0.1, 0.15) is 18.2 Å². The number of anilines is 1. The van der Waals surface area contributed by atoms with Crippen LogP contribution in [0.3, 0.4) is 0 Å². The quantitative estimate of drug-likeness (QED) is 0.856. The van der Waals surface area contributed by atoms with Gasteiger partial charge in [0.15, 0.2) is 0 Å². The van der Waals surface area contributed by atoms with Gasteiger partial charge in [0.25, 0.3) is 0 Å². The van der Waals surface area contributed by atoms with Gasteiger partial charge >= 0.3 is 6.03 Å². The monoisotopic (exact) mass is 400 g/mol. The van der Waals surface area contributed by atoms with Gasteiger partial charge in [-0.25, -0.2) is 9.18 Å². The van der Waals surface area contributed by atoms with Gasteiger partial charge in [-0.2, -0.15) is 0 Å². The Morgan fingerprint density at radius 2 is 2.07 bits per heavy atom. The van der Waals surface area contributed by atoms with Gasteiger partial charge in [-0.05, 0) is 30.7 Å². The normalized spacial score (nSPS) is 15.6. The van der Waals surface area contributed by atoms with Crippen LogP contribution in [0.4, 0.5) is 14.9 Å². The van der Waals surface area contributed by atoms with Crippen molar-refractivity contribution in [2.75, 3.05) is 24.5 Å². The summed E-state index contributed by atoms with van der Waals surface area (Å²) >= 11 is 6.13. The second-order valence-corrected chi connectivity index (χ2v) is 7.05. The lowest BCUT2D eigenvalue weighted by atomic mass is 10.1. The summed E-state index contributed by atoms with van der Waals surface area (Å²) in [5, 5.41) is 3.14. The van der Waals surface area contributed by atoms with Gasteiger partial charge in [-0.1, -0.05) is 29.8 Å². The van der Waals surface area contributed by atoms with Crippen molar-refractivity contribution in [3.05, 3.63) is 64.4 Å². The van der Waals surface area contributed by atoms with E-state index in [1.54, 1.807) is 35.2 Å². The number of nitrogens with one attached hydrogen (secondary N) is 1. The third kappa shape index (κ3) is 3.45. The Balaban J connectivity index is 1.56. The Morgan fingerprint density at radius 3 is 2.89 bits per heavy atom. The zero-order valence-corrected chi connectivity index (χ0v) is 15.7. The topological polar surface area (TPSA) is 65.0 Å². The first-order valence-corrected chi connectivity index (χ1v) is 9.36. The molecule has 6 nitrogen and oxygen atoms in total. The van der Waals surface area contributed by atoms with E-state index in [2.05, 4.69) is 10.3 Å². The summed E-state index contributed by atoms with van der Waals surface area (Å²) in [5.74, 6) is -0.158. The molecule has 28 heavy (non-hydrogen) atoms. The second kappa shape index (κ2) is 7.59. The number of amides is 3. The summed E-state index contributed by atoms with van der Waals surface area (Å²) in [6, 6.07) is 11.1. The summed E-state index contributed by atoms with van der Waals surface area (Å²) in [6.07, 6.45) is 0.769. The van der Waals surface area contributed by atoms with E-state index < -0.39 is 0 Å². The number of carbonyl (C=O) groups is 2. The number of halogens is 2. The molecule has 2 aliphatic heterocycles. The Labute approximate surface area is 166 Å². The van der Waals surface area contributed by atoms with Crippen LogP contribution >= 0.6 is 11.6 Å². The Morgan fingerprint density at radius 1 is 1.25 bits per heavy atom. The number of carbonyl (C=O) groups excluding carboxylic acids is 2. The van der Waals surface area contributed by atoms with Crippen molar-refractivity contribution in [1.82, 2.24) is 10.2 Å². The number of hydrogen-bond acceptors (Lipinski definition) is 3. The lowest BCUT2D eigenvalue weighted by Gasteiger charge is -2.39. The standard InChI is InChI=1S/C20H18ClFN4O2/c21-14-6-7-15-17(10-14)26(20(28)25-9-3-8-23-19(15)25)12-18(27)24-11-13-4-1-2-5-16(13)22/h1-2,4-7,10H,3,8-9,11-12H2,(H,24,27). The van der Waals surface area contributed by atoms with Crippen molar-refractivity contribution in [1.29, 1.82) is 0 Å². The van der Waals surface area contributed by atoms with Gasteiger partial charge < -0.3 is 5.32 Å². The predicted molar refractivity (Wildman–Crippen MR) is 105 cm³/mol. The van der Waals surface area contributed by atoms with E-state index >= 15 is 0 Å². The van der Waals surface area contributed by atoms with Crippen molar-refractivity contribution in [3.8, 4) is 0 Å². The van der Waals surface area contributed by atoms with Crippen LogP contribution < -0.4 is 10.2 Å². The van der Waals surface area contributed by atoms with Gasteiger partial charge in [0, 0.05) is 35.8 Å². The number of amidine groups is 1. The van der Waals surface area contributed by atoms with Crippen LogP contribution in [-0.4, -0.2) is 42.3 Å². The number of rotatable bonds is 4. The fraction of sp³-hybridized carbons (Fsp3) is 0.250. The molecule has 0 saturated carbocycles. The highest BCUT2D eigenvalue weighted by atomic mass is 35.5. The maximum Gasteiger partial charge on any atom is 0.330 e. The zero-order chi connectivity index (χ0) is 19.7. The number of fused-ring (bicyclic) bond motifs is 3. The van der Waals surface area contributed by atoms with Gasteiger partial charge in [0.05, 0.1) is 5.69 Å². The molecular formula is C20H18ClFN4O2. The van der Waals surface area contributed by atoms with E-state index in [9.17, 15) is 14.0 Å². The average Bonchev–Trinajstić information content (AvgIpc) is 2.70. The predicted octanol–water partition coefficient (Wildman–Crippen LogP) is 3.19. The van der Waals surface area contributed by atoms with E-state index in [-0.39, 0.29) is 30.8 Å². The molecule has 0 aliphatic carbocycles. The number of hydrogen-bond donors (Lipinski definition) is 1. The first kappa shape index (κ1) is 18.4. The third-order valence-corrected chi connectivity index (χ3v) is 4.98. The molecule has 0 atom stereocenters. The maximum atomic E-state index is 13.7. The van der Waals surface area contributed by atoms with Crippen LogP contribution in [0.1, 0.15) is 17.5 Å². The molecule has 0 aromatic heterocycles. The molecule has 3 amide bonds. The molecule has 8 heteroatoms. The molecule has 0 saturated heterocycles. The van der Waals surface area contributed by atoms with Crippen LogP contribution in [0.5, 0.6) is 0 Å². The third-order valence-electron chi connectivity index (χ3n) is 4.75. The van der Waals surface area contributed by atoms with Crippen LogP contribution in [0.2, 0.25) is 5.02 Å². The average molecular weight is 401 g/mol. The zero-order valence-electron chi connectivity index (χ0n) is 15.0. The number of benzene rings is 2. The summed E-state index contributed by atoms with van der Waals surface area (Å²) in [7, 11) is 0. The van der Waals surface area contributed by atoms with Crippen molar-refractivity contribution >= 4 is 35.1 Å². The molecule has 2 aromatic rings. The molecule has 2 aliphatic rings. The molecular weight excluding hydrogens is 383 g/mol. The maximum absolute atomic E-state index is 13.7. The largest absolute Gasteiger partial charge is 0.350 e. The first-order valence-electron chi connectivity index (χ1n) is 8.98. The van der Waals surface area contributed by atoms with Crippen molar-refractivity contribution in [3.63, 3.8) is 0 Å². The summed E-state index contributed by atoms with van der Waals surface area (Å²) in [6.45, 7) is 1.06. The van der Waals surface area contributed by atoms with Crippen LogP contribution in [0.25, 0.3) is 0 Å². The minimum atomic E-state index is -0.389. The second-order valence-electron chi connectivity index (χ2n) is 6.61. The van der Waals surface area contributed by atoms with Gasteiger partial charge in [-0.15, -0.1) is 0 Å². The molecule has 2 heterocycles. The highest BCUT2D eigenvalue weighted by molar-refractivity contribution is 6.31. The first-order chi connectivity index (χ1) is 13.5. The van der Waals surface area contributed by atoms with Gasteiger partial charge in [-0.3, -0.25) is 19.6 Å². The molecule has 2 aromatic carbocycles. The smallest absolute Gasteiger partial charge is 0.330 e. The van der Waals surface area contributed by atoms with E-state index in [0.29, 0.717) is 35.2 Å². The Hall–Kier alpha value is -2.93. The lowest BCUT2D eigenvalue weighted by molar-refractivity contribution is -0.119. The summed E-state index contributed by atoms with van der Waals surface area (Å²) in [4.78, 5) is 32.9. The molecule has 0 spiro atoms. The molecule has 0 radical (unpaired) electrons. The highest BCUT2D eigenvalue weighted by Crippen LogP contribution is 2.32. The summed E-state index contributed by atoms with van der Waals surface area (Å²) < 4.78 is 13.7. The van der Waals surface area contributed by atoms with E-state index in [4.69, 9.17) is 11.6 Å². The van der Waals surface area contributed by atoms with E-state index in [0.717, 1.165) is 12.0 Å². The number of aliphatic imine (C=N–C) groups is 1. The molecule has 4 rings (SSSR count). The lowest BCUT2D eigenvalue weighted by Crippen LogP contribution is -2.55. The SMILES string of the molecule is O=C(CN1C(=O)N2CCCN=C2c2ccc(Cl)cc21)NCc1ccccc1F. The van der Waals surface area contributed by atoms with Crippen molar-refractivity contribution in [2.24, 2.45) is 4.99 Å². The molecule has 144 valence electrons. The molecule has 1 N–H and O–H groups in total. The minimum absolute atomic E-state index is 0.0480. The summed E-state index contributed by atoms with van der Waals surface area (Å²) in [5.41, 5.74) is 1.70. The van der Waals surface area contributed by atoms with Crippen molar-refractivity contribution in [2.45, 2.75) is 13.0 Å². The number of urea groups is 1.